The molecule has 0 bridgehead atoms. The van der Waals surface area contributed by atoms with Crippen LogP contribution in [-0.4, -0.2) is 18.5 Å². The van der Waals surface area contributed by atoms with Crippen LogP contribution in [0, 0.1) is 0 Å². The van der Waals surface area contributed by atoms with Crippen molar-refractivity contribution in [2.45, 2.75) is 20.8 Å². The molecule has 0 atom stereocenters. The van der Waals surface area contributed by atoms with Crippen molar-refractivity contribution in [3.63, 3.8) is 0 Å². The fourth-order valence-electron chi connectivity index (χ4n) is 0.571. The molecule has 0 spiro atoms. The molecular formula is C6H15P3-2. The Labute approximate surface area is 63.7 Å². The molecule has 0 amide bonds. The van der Waals surface area contributed by atoms with Crippen LogP contribution in [0.5, 0.6) is 0 Å². The van der Waals surface area contributed by atoms with Crippen LogP contribution in [0.15, 0.2) is 0 Å². The molecule has 0 aromatic heterocycles. The lowest BCUT2D eigenvalue weighted by atomic mass is 11.0. The summed E-state index contributed by atoms with van der Waals surface area (Å²) in [7, 11) is 3.80. The lowest BCUT2D eigenvalue weighted by molar-refractivity contribution is 1.50. The van der Waals surface area contributed by atoms with Gasteiger partial charge in [0.1, 0.15) is 0 Å². The summed E-state index contributed by atoms with van der Waals surface area (Å²) in [5.41, 5.74) is 0. The summed E-state index contributed by atoms with van der Waals surface area (Å²) in [6.07, 6.45) is 4.12. The van der Waals surface area contributed by atoms with E-state index >= 15 is 0 Å². The molecule has 0 saturated carbocycles. The average molecular weight is 180 g/mol. The SMILES string of the molecule is CC[P-]P(CC)[P-]CC. The first kappa shape index (κ1) is 10.3. The first-order chi connectivity index (χ1) is 4.35. The average Bonchev–Trinajstić information content (AvgIpc) is 1.88. The Kier molecular flexibility index (Phi) is 8.46. The molecule has 0 unspecified atom stereocenters. The molecule has 0 aliphatic heterocycles. The Hall–Kier alpha value is 1.29. The molecule has 0 aliphatic rings. The zero-order valence-corrected chi connectivity index (χ0v) is 9.15. The van der Waals surface area contributed by atoms with Gasteiger partial charge in [0.15, 0.2) is 0 Å². The van der Waals surface area contributed by atoms with Crippen LogP contribution in [0.25, 0.3) is 0 Å². The largest absolute Gasteiger partial charge is 0.540 e. The second-order valence-electron chi connectivity index (χ2n) is 1.60. The van der Waals surface area contributed by atoms with Crippen molar-refractivity contribution in [3.05, 3.63) is 0 Å². The molecule has 0 saturated heterocycles. The molecular weight excluding hydrogens is 165 g/mol. The van der Waals surface area contributed by atoms with Gasteiger partial charge in [0.2, 0.25) is 0 Å². The van der Waals surface area contributed by atoms with Gasteiger partial charge in [0.25, 0.3) is 0 Å². The van der Waals surface area contributed by atoms with Gasteiger partial charge in [-0.15, -0.1) is 0 Å². The number of hydrogen-bond acceptors (Lipinski definition) is 0. The molecule has 0 rings (SSSR count). The van der Waals surface area contributed by atoms with Gasteiger partial charge in [-0.3, -0.25) is 0 Å². The highest BCUT2D eigenvalue weighted by Crippen LogP contribution is 2.68. The van der Waals surface area contributed by atoms with Gasteiger partial charge in [-0.05, 0) is 0 Å². The Bertz CT molecular complexity index is 50.3. The molecule has 0 N–H and O–H groups in total. The van der Waals surface area contributed by atoms with Crippen molar-refractivity contribution in [2.75, 3.05) is 18.5 Å². The van der Waals surface area contributed by atoms with E-state index in [1.807, 2.05) is 0 Å². The second kappa shape index (κ2) is 7.40. The van der Waals surface area contributed by atoms with Gasteiger partial charge in [-0.1, -0.05) is 26.9 Å². The van der Waals surface area contributed by atoms with Gasteiger partial charge in [-0.2, -0.15) is 12.3 Å². The number of rotatable bonds is 5. The van der Waals surface area contributed by atoms with Gasteiger partial charge in [-0.25, -0.2) is 0 Å². The van der Waals surface area contributed by atoms with Crippen LogP contribution < -0.4 is 0 Å². The second-order valence-corrected chi connectivity index (χ2v) is 10.4. The first-order valence-corrected chi connectivity index (χ1v) is 8.57. The van der Waals surface area contributed by atoms with E-state index in [0.29, 0.717) is 7.30 Å². The van der Waals surface area contributed by atoms with E-state index in [1.165, 1.54) is 18.5 Å². The van der Waals surface area contributed by atoms with E-state index in [2.05, 4.69) is 20.8 Å². The van der Waals surface area contributed by atoms with Crippen molar-refractivity contribution in [3.8, 4) is 0 Å². The molecule has 0 heterocycles. The molecule has 3 heteroatoms. The smallest absolute Gasteiger partial charge is 0.0659 e. The van der Waals surface area contributed by atoms with Gasteiger partial charge in [0.05, 0.1) is 0 Å². The molecule has 56 valence electrons. The lowest BCUT2D eigenvalue weighted by Gasteiger charge is -2.44. The normalized spacial score (nSPS) is 16.3. The quantitative estimate of drug-likeness (QED) is 0.554. The first-order valence-electron chi connectivity index (χ1n) is 3.47. The summed E-state index contributed by atoms with van der Waals surface area (Å²) in [6.45, 7) is 6.87. The maximum Gasteiger partial charge on any atom is -0.0659 e. The highest BCUT2D eigenvalue weighted by molar-refractivity contribution is 8.51. The van der Waals surface area contributed by atoms with E-state index in [1.54, 1.807) is 16.5 Å². The van der Waals surface area contributed by atoms with Crippen molar-refractivity contribution in [2.24, 2.45) is 0 Å². The lowest BCUT2D eigenvalue weighted by Crippen LogP contribution is -1.66. The Balaban J connectivity index is 3.18. The molecule has 0 fully saturated rings. The summed E-state index contributed by atoms with van der Waals surface area (Å²) < 4.78 is 0. The maximum atomic E-state index is 2.32. The van der Waals surface area contributed by atoms with Crippen LogP contribution in [-0.2, 0) is 0 Å². The topological polar surface area (TPSA) is 0 Å². The molecule has 0 aliphatic carbocycles. The van der Waals surface area contributed by atoms with Gasteiger partial charge >= 0.3 is 0 Å². The Morgan fingerprint density at radius 2 is 1.44 bits per heavy atom. The van der Waals surface area contributed by atoms with Crippen LogP contribution in [0.2, 0.25) is 0 Å². The third-order valence-electron chi connectivity index (χ3n) is 0.892. The zero-order chi connectivity index (χ0) is 7.11. The third-order valence-corrected chi connectivity index (χ3v) is 10.3. The van der Waals surface area contributed by atoms with Crippen LogP contribution in [0.4, 0.5) is 0 Å². The third kappa shape index (κ3) is 5.72. The minimum absolute atomic E-state index is 0.386. The predicted octanol–water partition coefficient (Wildman–Crippen LogP) is 4.25. The van der Waals surface area contributed by atoms with Gasteiger partial charge in [0, 0.05) is 0 Å². The molecule has 0 radical (unpaired) electrons. The van der Waals surface area contributed by atoms with E-state index in [0.717, 1.165) is 0 Å². The summed E-state index contributed by atoms with van der Waals surface area (Å²) in [5, 5.41) is 0. The molecule has 0 aromatic carbocycles. The van der Waals surface area contributed by atoms with Crippen LogP contribution >= 0.6 is 23.8 Å². The summed E-state index contributed by atoms with van der Waals surface area (Å²) in [4.78, 5) is 0. The van der Waals surface area contributed by atoms with Crippen LogP contribution in [0.1, 0.15) is 20.8 Å². The molecule has 0 aromatic rings. The fraction of sp³-hybridized carbons (Fsp3) is 1.00. The van der Waals surface area contributed by atoms with Gasteiger partial charge < -0.3 is 23.8 Å². The summed E-state index contributed by atoms with van der Waals surface area (Å²) in [6, 6.07) is 0. The Morgan fingerprint density at radius 3 is 1.67 bits per heavy atom. The maximum absolute atomic E-state index is 2.32. The van der Waals surface area contributed by atoms with E-state index in [9.17, 15) is 0 Å². The van der Waals surface area contributed by atoms with Crippen LogP contribution in [0.3, 0.4) is 0 Å². The van der Waals surface area contributed by atoms with Crippen molar-refractivity contribution < 1.29 is 0 Å². The van der Waals surface area contributed by atoms with E-state index in [4.69, 9.17) is 0 Å². The highest BCUT2D eigenvalue weighted by atomic mass is 32.4. The monoisotopic (exact) mass is 180 g/mol. The molecule has 0 nitrogen and oxygen atoms in total. The van der Waals surface area contributed by atoms with Crippen molar-refractivity contribution in [1.82, 2.24) is 0 Å². The predicted molar refractivity (Wildman–Crippen MR) is 52.4 cm³/mol. The summed E-state index contributed by atoms with van der Waals surface area (Å²) in [5.74, 6) is 0. The fourth-order valence-corrected chi connectivity index (χ4v) is 8.22. The highest BCUT2D eigenvalue weighted by Gasteiger charge is 1.71. The minimum Gasteiger partial charge on any atom is -0.540 e. The number of hydrogen-bond donors (Lipinski definition) is 0. The summed E-state index contributed by atoms with van der Waals surface area (Å²) >= 11 is 0. The Morgan fingerprint density at radius 1 is 1.00 bits per heavy atom. The van der Waals surface area contributed by atoms with E-state index < -0.39 is 0 Å². The molecule has 9 heavy (non-hydrogen) atoms. The zero-order valence-electron chi connectivity index (χ0n) is 6.46. The van der Waals surface area contributed by atoms with E-state index in [-0.39, 0.29) is 0 Å². The van der Waals surface area contributed by atoms with Crippen molar-refractivity contribution in [1.29, 1.82) is 0 Å². The van der Waals surface area contributed by atoms with Crippen molar-refractivity contribution >= 4 is 23.8 Å². The standard InChI is InChI=1S/C6H15P3/c1-4-7-9(6-3)8-5-2/h4-6H2,1-3H3/q-2. The minimum atomic E-state index is 0.386.